The summed E-state index contributed by atoms with van der Waals surface area (Å²) in [4.78, 5) is 12.1. The van der Waals surface area contributed by atoms with Gasteiger partial charge in [0.15, 0.2) is 6.61 Å². The zero-order valence-electron chi connectivity index (χ0n) is 13.0. The van der Waals surface area contributed by atoms with Crippen molar-refractivity contribution in [3.63, 3.8) is 0 Å². The van der Waals surface area contributed by atoms with Gasteiger partial charge in [-0.05, 0) is 48.6 Å². The highest BCUT2D eigenvalue weighted by molar-refractivity contribution is 5.78. The molecule has 2 bridgehead atoms. The molecule has 3 unspecified atom stereocenters. The number of benzene rings is 1. The molecule has 2 fully saturated rings. The van der Waals surface area contributed by atoms with E-state index >= 15 is 0 Å². The topological polar surface area (TPSA) is 38.3 Å². The van der Waals surface area contributed by atoms with Crippen LogP contribution >= 0.6 is 0 Å². The zero-order valence-corrected chi connectivity index (χ0v) is 13.0. The lowest BCUT2D eigenvalue weighted by atomic mass is 9.95. The van der Waals surface area contributed by atoms with Crippen LogP contribution < -0.4 is 10.1 Å². The fourth-order valence-corrected chi connectivity index (χ4v) is 3.90. The maximum Gasteiger partial charge on any atom is 0.258 e. The molecule has 0 radical (unpaired) electrons. The molecule has 3 atom stereocenters. The van der Waals surface area contributed by atoms with Crippen LogP contribution in [0.15, 0.2) is 24.3 Å². The van der Waals surface area contributed by atoms with Gasteiger partial charge in [0, 0.05) is 6.04 Å². The van der Waals surface area contributed by atoms with E-state index in [-0.39, 0.29) is 12.5 Å². The molecule has 0 saturated heterocycles. The number of para-hydroxylation sites is 1. The van der Waals surface area contributed by atoms with Gasteiger partial charge in [0.1, 0.15) is 5.75 Å². The second-order valence-electron chi connectivity index (χ2n) is 6.83. The second kappa shape index (κ2) is 6.08. The van der Waals surface area contributed by atoms with Crippen LogP contribution in [-0.2, 0) is 4.79 Å². The van der Waals surface area contributed by atoms with Gasteiger partial charge in [-0.2, -0.15) is 0 Å². The Morgan fingerprint density at radius 1 is 1.29 bits per heavy atom. The summed E-state index contributed by atoms with van der Waals surface area (Å²) in [6, 6.07) is 8.36. The molecule has 3 rings (SSSR count). The molecular weight excluding hydrogens is 262 g/mol. The normalized spacial score (nSPS) is 27.1. The standard InChI is InChI=1S/C18H25NO2/c1-12(2)15-5-3-4-6-17(15)21-11-18(20)19-16-10-13-7-8-14(16)9-13/h3-6,12-14,16H,7-11H2,1-2H3,(H,19,20). The van der Waals surface area contributed by atoms with Gasteiger partial charge < -0.3 is 10.1 Å². The van der Waals surface area contributed by atoms with E-state index in [9.17, 15) is 4.79 Å². The van der Waals surface area contributed by atoms with Crippen molar-refractivity contribution in [3.05, 3.63) is 29.8 Å². The monoisotopic (exact) mass is 287 g/mol. The number of ether oxygens (including phenoxy) is 1. The number of carbonyl (C=O) groups excluding carboxylic acids is 1. The quantitative estimate of drug-likeness (QED) is 0.900. The molecule has 3 nitrogen and oxygen atoms in total. The predicted octanol–water partition coefficient (Wildman–Crippen LogP) is 3.49. The molecule has 21 heavy (non-hydrogen) atoms. The number of hydrogen-bond donors (Lipinski definition) is 1. The van der Waals surface area contributed by atoms with Gasteiger partial charge >= 0.3 is 0 Å². The molecule has 0 heterocycles. The van der Waals surface area contributed by atoms with E-state index < -0.39 is 0 Å². The average molecular weight is 287 g/mol. The summed E-state index contributed by atoms with van der Waals surface area (Å²) in [5.74, 6) is 2.81. The highest BCUT2D eigenvalue weighted by Gasteiger charge is 2.40. The molecule has 1 aromatic rings. The van der Waals surface area contributed by atoms with E-state index in [0.29, 0.717) is 17.9 Å². The molecule has 2 aliphatic carbocycles. The summed E-state index contributed by atoms with van der Waals surface area (Å²) < 4.78 is 5.74. The molecule has 0 aliphatic heterocycles. The minimum Gasteiger partial charge on any atom is -0.483 e. The van der Waals surface area contributed by atoms with E-state index in [1.807, 2.05) is 18.2 Å². The molecule has 3 heteroatoms. The van der Waals surface area contributed by atoms with Crippen molar-refractivity contribution < 1.29 is 9.53 Å². The molecule has 0 aromatic heterocycles. The molecule has 1 aromatic carbocycles. The number of amides is 1. The first kappa shape index (κ1) is 14.4. The van der Waals surface area contributed by atoms with Crippen LogP contribution in [0, 0.1) is 11.8 Å². The van der Waals surface area contributed by atoms with Crippen LogP contribution in [0.25, 0.3) is 0 Å². The third kappa shape index (κ3) is 3.22. The van der Waals surface area contributed by atoms with Crippen LogP contribution in [0.3, 0.4) is 0 Å². The Labute approximate surface area is 127 Å². The fourth-order valence-electron chi connectivity index (χ4n) is 3.90. The van der Waals surface area contributed by atoms with Crippen LogP contribution in [0.2, 0.25) is 0 Å². The van der Waals surface area contributed by atoms with Gasteiger partial charge in [0.2, 0.25) is 0 Å². The largest absolute Gasteiger partial charge is 0.483 e. The first-order chi connectivity index (χ1) is 10.1. The number of carbonyl (C=O) groups is 1. The SMILES string of the molecule is CC(C)c1ccccc1OCC(=O)NC1CC2CCC1C2. The molecule has 0 spiro atoms. The first-order valence-corrected chi connectivity index (χ1v) is 8.14. The summed E-state index contributed by atoms with van der Waals surface area (Å²) in [6.07, 6.45) is 5.11. The van der Waals surface area contributed by atoms with Gasteiger partial charge in [-0.1, -0.05) is 38.5 Å². The minimum absolute atomic E-state index is 0.0195. The van der Waals surface area contributed by atoms with E-state index in [1.165, 1.54) is 25.7 Å². The molecular formula is C18H25NO2. The van der Waals surface area contributed by atoms with E-state index in [2.05, 4.69) is 25.2 Å². The first-order valence-electron chi connectivity index (χ1n) is 8.14. The van der Waals surface area contributed by atoms with E-state index in [0.717, 1.165) is 17.2 Å². The summed E-state index contributed by atoms with van der Waals surface area (Å²) in [6.45, 7) is 4.40. The third-order valence-electron chi connectivity index (χ3n) is 4.98. The van der Waals surface area contributed by atoms with Gasteiger partial charge in [0.05, 0.1) is 0 Å². The van der Waals surface area contributed by atoms with Gasteiger partial charge in [0.25, 0.3) is 5.91 Å². The summed E-state index contributed by atoms with van der Waals surface area (Å²) in [5.41, 5.74) is 1.16. The Balaban J connectivity index is 1.52. The Morgan fingerprint density at radius 2 is 2.10 bits per heavy atom. The zero-order chi connectivity index (χ0) is 14.8. The highest BCUT2D eigenvalue weighted by Crippen LogP contribution is 2.44. The summed E-state index contributed by atoms with van der Waals surface area (Å²) >= 11 is 0. The van der Waals surface area contributed by atoms with Crippen molar-refractivity contribution in [1.29, 1.82) is 0 Å². The molecule has 1 amide bonds. The molecule has 114 valence electrons. The maximum absolute atomic E-state index is 12.1. The maximum atomic E-state index is 12.1. The Bertz CT molecular complexity index is 512. The van der Waals surface area contributed by atoms with Crippen LogP contribution in [0.4, 0.5) is 0 Å². The van der Waals surface area contributed by atoms with Gasteiger partial charge in [-0.3, -0.25) is 4.79 Å². The smallest absolute Gasteiger partial charge is 0.258 e. The molecule has 1 N–H and O–H groups in total. The minimum atomic E-state index is 0.0195. The second-order valence-corrected chi connectivity index (χ2v) is 6.83. The van der Waals surface area contributed by atoms with Crippen LogP contribution in [0.5, 0.6) is 5.75 Å². The molecule has 2 saturated carbocycles. The average Bonchev–Trinajstić information content (AvgIpc) is 3.08. The van der Waals surface area contributed by atoms with Gasteiger partial charge in [-0.15, -0.1) is 0 Å². The van der Waals surface area contributed by atoms with Crippen molar-refractivity contribution in [3.8, 4) is 5.75 Å². The Hall–Kier alpha value is -1.51. The number of fused-ring (bicyclic) bond motifs is 2. The van der Waals surface area contributed by atoms with Crippen molar-refractivity contribution >= 4 is 5.91 Å². The van der Waals surface area contributed by atoms with E-state index in [4.69, 9.17) is 4.74 Å². The lowest BCUT2D eigenvalue weighted by Crippen LogP contribution is -2.40. The van der Waals surface area contributed by atoms with Crippen molar-refractivity contribution in [2.45, 2.75) is 51.5 Å². The fraction of sp³-hybridized carbons (Fsp3) is 0.611. The van der Waals surface area contributed by atoms with Crippen molar-refractivity contribution in [1.82, 2.24) is 5.32 Å². The van der Waals surface area contributed by atoms with Crippen LogP contribution in [-0.4, -0.2) is 18.6 Å². The third-order valence-corrected chi connectivity index (χ3v) is 4.98. The van der Waals surface area contributed by atoms with Gasteiger partial charge in [-0.25, -0.2) is 0 Å². The lowest BCUT2D eigenvalue weighted by Gasteiger charge is -2.23. The summed E-state index contributed by atoms with van der Waals surface area (Å²) in [5, 5.41) is 3.17. The highest BCUT2D eigenvalue weighted by atomic mass is 16.5. The van der Waals surface area contributed by atoms with Crippen molar-refractivity contribution in [2.24, 2.45) is 11.8 Å². The molecule has 2 aliphatic rings. The van der Waals surface area contributed by atoms with E-state index in [1.54, 1.807) is 0 Å². The number of nitrogens with one attached hydrogen (secondary N) is 1. The number of rotatable bonds is 5. The van der Waals surface area contributed by atoms with Crippen molar-refractivity contribution in [2.75, 3.05) is 6.61 Å². The predicted molar refractivity (Wildman–Crippen MR) is 83.4 cm³/mol. The Morgan fingerprint density at radius 3 is 2.76 bits per heavy atom. The van der Waals surface area contributed by atoms with Crippen LogP contribution in [0.1, 0.15) is 51.0 Å². The Kier molecular flexibility index (Phi) is 4.18. The summed E-state index contributed by atoms with van der Waals surface area (Å²) in [7, 11) is 0. The number of hydrogen-bond acceptors (Lipinski definition) is 2. The lowest BCUT2D eigenvalue weighted by molar-refractivity contribution is -0.124.